The SMILES string of the molecule is O=C1CCCCC(CNC(=O)c2cn[nH]c2-c2ccccc2)N1. The summed E-state index contributed by atoms with van der Waals surface area (Å²) in [5, 5.41) is 12.7. The molecule has 6 heteroatoms. The number of H-pyrrole nitrogens is 1. The van der Waals surface area contributed by atoms with Crippen LogP contribution in [0.3, 0.4) is 0 Å². The number of rotatable bonds is 4. The van der Waals surface area contributed by atoms with Crippen molar-refractivity contribution in [1.29, 1.82) is 0 Å². The molecule has 120 valence electrons. The molecule has 0 saturated carbocycles. The highest BCUT2D eigenvalue weighted by molar-refractivity contribution is 5.99. The second-order valence-corrected chi connectivity index (χ2v) is 5.74. The van der Waals surface area contributed by atoms with Crippen LogP contribution in [0.15, 0.2) is 36.5 Å². The van der Waals surface area contributed by atoms with E-state index in [-0.39, 0.29) is 17.9 Å². The smallest absolute Gasteiger partial charge is 0.255 e. The van der Waals surface area contributed by atoms with Crippen LogP contribution in [0.1, 0.15) is 36.0 Å². The number of hydrogen-bond acceptors (Lipinski definition) is 3. The molecule has 1 unspecified atom stereocenters. The monoisotopic (exact) mass is 312 g/mol. The quantitative estimate of drug-likeness (QED) is 0.805. The van der Waals surface area contributed by atoms with Crippen molar-refractivity contribution in [2.45, 2.75) is 31.7 Å². The molecule has 0 spiro atoms. The van der Waals surface area contributed by atoms with Gasteiger partial charge in [-0.3, -0.25) is 14.7 Å². The number of aromatic nitrogens is 2. The summed E-state index contributed by atoms with van der Waals surface area (Å²) >= 11 is 0. The minimum atomic E-state index is -0.184. The maximum atomic E-state index is 12.4. The summed E-state index contributed by atoms with van der Waals surface area (Å²) < 4.78 is 0. The van der Waals surface area contributed by atoms with E-state index in [1.807, 2.05) is 30.3 Å². The summed E-state index contributed by atoms with van der Waals surface area (Å²) in [6, 6.07) is 9.61. The first-order valence-electron chi connectivity index (χ1n) is 7.90. The lowest BCUT2D eigenvalue weighted by Crippen LogP contribution is -2.42. The van der Waals surface area contributed by atoms with Gasteiger partial charge in [-0.25, -0.2) is 0 Å². The standard InChI is InChI=1S/C17H20N4O2/c22-15-9-5-4-8-13(20-15)10-18-17(23)14-11-19-21-16(14)12-6-2-1-3-7-12/h1-3,6-7,11,13H,4-5,8-10H2,(H,18,23)(H,19,21)(H,20,22). The van der Waals surface area contributed by atoms with E-state index in [2.05, 4.69) is 20.8 Å². The Morgan fingerprint density at radius 1 is 1.26 bits per heavy atom. The molecule has 3 N–H and O–H groups in total. The average Bonchev–Trinajstić information content (AvgIpc) is 2.97. The Bertz CT molecular complexity index is 681. The third-order valence-corrected chi connectivity index (χ3v) is 4.03. The molecule has 6 nitrogen and oxygen atoms in total. The molecule has 1 atom stereocenters. The van der Waals surface area contributed by atoms with Gasteiger partial charge in [-0.1, -0.05) is 36.8 Å². The van der Waals surface area contributed by atoms with Gasteiger partial charge in [0.15, 0.2) is 0 Å². The van der Waals surface area contributed by atoms with Crippen LogP contribution in [0, 0.1) is 0 Å². The lowest BCUT2D eigenvalue weighted by Gasteiger charge is -2.16. The van der Waals surface area contributed by atoms with E-state index in [1.54, 1.807) is 0 Å². The van der Waals surface area contributed by atoms with E-state index >= 15 is 0 Å². The van der Waals surface area contributed by atoms with Gasteiger partial charge in [-0.15, -0.1) is 0 Å². The number of aromatic amines is 1. The maximum Gasteiger partial charge on any atom is 0.255 e. The largest absolute Gasteiger partial charge is 0.352 e. The molecule has 2 amide bonds. The molecule has 0 radical (unpaired) electrons. The first-order chi connectivity index (χ1) is 11.2. The minimum Gasteiger partial charge on any atom is -0.352 e. The number of carbonyl (C=O) groups excluding carboxylic acids is 2. The molecule has 2 heterocycles. The van der Waals surface area contributed by atoms with E-state index in [0.29, 0.717) is 24.2 Å². The van der Waals surface area contributed by atoms with Crippen LogP contribution in [0.5, 0.6) is 0 Å². The highest BCUT2D eigenvalue weighted by atomic mass is 16.2. The Morgan fingerprint density at radius 2 is 2.09 bits per heavy atom. The van der Waals surface area contributed by atoms with E-state index in [0.717, 1.165) is 24.8 Å². The van der Waals surface area contributed by atoms with Gasteiger partial charge in [0.25, 0.3) is 5.91 Å². The van der Waals surface area contributed by atoms with Crippen LogP contribution in [-0.4, -0.2) is 34.6 Å². The third-order valence-electron chi connectivity index (χ3n) is 4.03. The molecule has 1 aliphatic rings. The minimum absolute atomic E-state index is 0.000950. The number of amides is 2. The van der Waals surface area contributed by atoms with Crippen molar-refractivity contribution in [3.8, 4) is 11.3 Å². The Balaban J connectivity index is 1.65. The Hall–Kier alpha value is -2.63. The van der Waals surface area contributed by atoms with Gasteiger partial charge in [-0.05, 0) is 12.8 Å². The van der Waals surface area contributed by atoms with Gasteiger partial charge >= 0.3 is 0 Å². The molecule has 1 aliphatic heterocycles. The number of carbonyl (C=O) groups is 2. The van der Waals surface area contributed by atoms with Crippen molar-refractivity contribution >= 4 is 11.8 Å². The lowest BCUT2D eigenvalue weighted by atomic mass is 10.1. The summed E-state index contributed by atoms with van der Waals surface area (Å²) in [7, 11) is 0. The van der Waals surface area contributed by atoms with Gasteiger partial charge in [0.2, 0.25) is 5.91 Å². The molecular formula is C17H20N4O2. The Kier molecular flexibility index (Phi) is 4.71. The summed E-state index contributed by atoms with van der Waals surface area (Å²) in [6.07, 6.45) is 4.91. The third kappa shape index (κ3) is 3.77. The van der Waals surface area contributed by atoms with Gasteiger partial charge in [-0.2, -0.15) is 5.10 Å². The van der Waals surface area contributed by atoms with E-state index in [1.165, 1.54) is 6.20 Å². The zero-order valence-electron chi connectivity index (χ0n) is 12.8. The molecule has 1 fully saturated rings. The second-order valence-electron chi connectivity index (χ2n) is 5.74. The average molecular weight is 312 g/mol. The normalized spacial score (nSPS) is 18.1. The van der Waals surface area contributed by atoms with Crippen molar-refractivity contribution in [3.05, 3.63) is 42.1 Å². The summed E-state index contributed by atoms with van der Waals surface area (Å²) in [5.41, 5.74) is 2.13. The molecule has 3 rings (SSSR count). The molecule has 2 aromatic rings. The van der Waals surface area contributed by atoms with E-state index < -0.39 is 0 Å². The van der Waals surface area contributed by atoms with Crippen LogP contribution in [-0.2, 0) is 4.79 Å². The van der Waals surface area contributed by atoms with Crippen LogP contribution in [0.2, 0.25) is 0 Å². The Morgan fingerprint density at radius 3 is 2.91 bits per heavy atom. The fraction of sp³-hybridized carbons (Fsp3) is 0.353. The van der Waals surface area contributed by atoms with Crippen molar-refractivity contribution < 1.29 is 9.59 Å². The maximum absolute atomic E-state index is 12.4. The van der Waals surface area contributed by atoms with Gasteiger partial charge in [0, 0.05) is 24.6 Å². The summed E-state index contributed by atoms with van der Waals surface area (Å²) in [4.78, 5) is 24.0. The van der Waals surface area contributed by atoms with Gasteiger partial charge in [0.05, 0.1) is 17.5 Å². The summed E-state index contributed by atoms with van der Waals surface area (Å²) in [6.45, 7) is 0.435. The Labute approximate surface area is 134 Å². The van der Waals surface area contributed by atoms with Crippen LogP contribution in [0.4, 0.5) is 0 Å². The van der Waals surface area contributed by atoms with Crippen LogP contribution in [0.25, 0.3) is 11.3 Å². The summed E-state index contributed by atoms with van der Waals surface area (Å²) in [5.74, 6) is -0.119. The van der Waals surface area contributed by atoms with Crippen molar-refractivity contribution in [1.82, 2.24) is 20.8 Å². The molecule has 1 aromatic carbocycles. The van der Waals surface area contributed by atoms with Crippen LogP contribution >= 0.6 is 0 Å². The zero-order valence-corrected chi connectivity index (χ0v) is 12.8. The van der Waals surface area contributed by atoms with Crippen molar-refractivity contribution in [2.24, 2.45) is 0 Å². The van der Waals surface area contributed by atoms with Gasteiger partial charge in [0.1, 0.15) is 0 Å². The van der Waals surface area contributed by atoms with E-state index in [4.69, 9.17) is 0 Å². The molecule has 1 saturated heterocycles. The van der Waals surface area contributed by atoms with Crippen molar-refractivity contribution in [3.63, 3.8) is 0 Å². The molecule has 0 aliphatic carbocycles. The predicted octanol–water partition coefficient (Wildman–Crippen LogP) is 1.87. The fourth-order valence-corrected chi connectivity index (χ4v) is 2.80. The number of benzene rings is 1. The highest BCUT2D eigenvalue weighted by Gasteiger charge is 2.19. The number of hydrogen-bond donors (Lipinski definition) is 3. The van der Waals surface area contributed by atoms with Crippen LogP contribution < -0.4 is 10.6 Å². The van der Waals surface area contributed by atoms with Gasteiger partial charge < -0.3 is 10.6 Å². The second kappa shape index (κ2) is 7.09. The first-order valence-corrected chi connectivity index (χ1v) is 7.90. The first kappa shape index (κ1) is 15.3. The van der Waals surface area contributed by atoms with Crippen molar-refractivity contribution in [2.75, 3.05) is 6.54 Å². The zero-order chi connectivity index (χ0) is 16.1. The predicted molar refractivity (Wildman–Crippen MR) is 86.8 cm³/mol. The molecule has 1 aromatic heterocycles. The molecular weight excluding hydrogens is 292 g/mol. The number of nitrogens with zero attached hydrogens (tertiary/aromatic N) is 1. The lowest BCUT2D eigenvalue weighted by molar-refractivity contribution is -0.121. The molecule has 23 heavy (non-hydrogen) atoms. The van der Waals surface area contributed by atoms with E-state index in [9.17, 15) is 9.59 Å². The highest BCUT2D eigenvalue weighted by Crippen LogP contribution is 2.20. The molecule has 0 bridgehead atoms. The fourth-order valence-electron chi connectivity index (χ4n) is 2.80. The number of nitrogens with one attached hydrogen (secondary N) is 3. The topological polar surface area (TPSA) is 86.9 Å².